The molecule has 2 aromatic rings. The zero-order chi connectivity index (χ0) is 17.6. The molecule has 1 aromatic heterocycles. The molecule has 0 amide bonds. The summed E-state index contributed by atoms with van der Waals surface area (Å²) in [6.07, 6.45) is 3.89. The fraction of sp³-hybridized carbons (Fsp3) is 0.444. The minimum atomic E-state index is 0.729. The van der Waals surface area contributed by atoms with Gasteiger partial charge < -0.3 is 19.9 Å². The van der Waals surface area contributed by atoms with E-state index in [4.69, 9.17) is 4.74 Å². The zero-order valence-corrected chi connectivity index (χ0v) is 15.1. The number of anilines is 1. The van der Waals surface area contributed by atoms with Crippen LogP contribution < -0.4 is 15.0 Å². The van der Waals surface area contributed by atoms with Crippen molar-refractivity contribution in [2.45, 2.75) is 6.54 Å². The molecule has 7 nitrogen and oxygen atoms in total. The number of hydrogen-bond acceptors (Lipinski definition) is 4. The summed E-state index contributed by atoms with van der Waals surface area (Å²) in [6.45, 7) is 4.45. The summed E-state index contributed by atoms with van der Waals surface area (Å²) in [6, 6.07) is 8.18. The quantitative estimate of drug-likeness (QED) is 0.671. The van der Waals surface area contributed by atoms with Crippen LogP contribution in [0.25, 0.3) is 0 Å². The molecule has 2 heterocycles. The minimum absolute atomic E-state index is 0.729. The normalized spacial score (nSPS) is 15.4. The Bertz CT molecular complexity index is 718. The predicted molar refractivity (Wildman–Crippen MR) is 100 cm³/mol. The van der Waals surface area contributed by atoms with E-state index in [1.165, 1.54) is 0 Å². The number of ether oxygens (including phenoxy) is 1. The van der Waals surface area contributed by atoms with Crippen LogP contribution >= 0.6 is 0 Å². The molecule has 3 rings (SSSR count). The van der Waals surface area contributed by atoms with Gasteiger partial charge in [-0.1, -0.05) is 12.1 Å². The van der Waals surface area contributed by atoms with Crippen molar-refractivity contribution in [3.63, 3.8) is 0 Å². The molecule has 0 radical (unpaired) electrons. The summed E-state index contributed by atoms with van der Waals surface area (Å²) in [5, 5.41) is 7.62. The largest absolute Gasteiger partial charge is 0.495 e. The molecule has 1 aromatic carbocycles. The maximum Gasteiger partial charge on any atom is 0.194 e. The van der Waals surface area contributed by atoms with E-state index in [1.807, 2.05) is 43.3 Å². The van der Waals surface area contributed by atoms with Gasteiger partial charge in [-0.05, 0) is 12.1 Å². The van der Waals surface area contributed by atoms with Crippen LogP contribution in [0.15, 0.2) is 41.7 Å². The molecule has 7 heteroatoms. The van der Waals surface area contributed by atoms with Crippen molar-refractivity contribution in [1.29, 1.82) is 0 Å². The smallest absolute Gasteiger partial charge is 0.194 e. The fourth-order valence-electron chi connectivity index (χ4n) is 3.13. The number of aromatic nitrogens is 2. The first kappa shape index (κ1) is 17.1. The van der Waals surface area contributed by atoms with E-state index in [9.17, 15) is 0 Å². The average Bonchev–Trinajstić information content (AvgIpc) is 3.08. The number of aliphatic imine (C=N–C) groups is 1. The maximum atomic E-state index is 5.48. The molecule has 1 aliphatic heterocycles. The van der Waals surface area contributed by atoms with Gasteiger partial charge in [0.15, 0.2) is 5.96 Å². The lowest BCUT2D eigenvalue weighted by molar-refractivity contribution is 0.367. The molecule has 0 aliphatic carbocycles. The van der Waals surface area contributed by atoms with Crippen molar-refractivity contribution in [1.82, 2.24) is 20.0 Å². The highest BCUT2D eigenvalue weighted by molar-refractivity contribution is 5.80. The van der Waals surface area contributed by atoms with Gasteiger partial charge in [0.25, 0.3) is 0 Å². The van der Waals surface area contributed by atoms with E-state index >= 15 is 0 Å². The Labute approximate surface area is 148 Å². The number of guanidine groups is 1. The molecule has 1 aliphatic rings. The third-order valence-corrected chi connectivity index (χ3v) is 4.43. The SMILES string of the molecule is CN=C(NCc1cnn(C)c1)N1CCN(c2ccccc2OC)CC1. The number of nitrogens with one attached hydrogen (secondary N) is 1. The number of benzene rings is 1. The standard InChI is InChI=1S/C18H26N6O/c1-19-18(20-12-15-13-21-22(2)14-15)24-10-8-23(9-11-24)16-6-4-5-7-17(16)25-3/h4-7,13-14H,8-12H2,1-3H3,(H,19,20). The number of rotatable bonds is 4. The lowest BCUT2D eigenvalue weighted by Crippen LogP contribution is -2.52. The first-order valence-electron chi connectivity index (χ1n) is 8.52. The van der Waals surface area contributed by atoms with Crippen LogP contribution in [0.3, 0.4) is 0 Å². The van der Waals surface area contributed by atoms with Crippen LogP contribution in [-0.4, -0.2) is 61.0 Å². The van der Waals surface area contributed by atoms with Crippen LogP contribution in [0.5, 0.6) is 5.75 Å². The number of hydrogen-bond donors (Lipinski definition) is 1. The lowest BCUT2D eigenvalue weighted by Gasteiger charge is -2.38. The topological polar surface area (TPSA) is 57.9 Å². The molecule has 0 unspecified atom stereocenters. The number of para-hydroxylation sites is 2. The van der Waals surface area contributed by atoms with E-state index in [2.05, 4.69) is 37.3 Å². The third-order valence-electron chi connectivity index (χ3n) is 4.43. The molecule has 1 fully saturated rings. The molecule has 0 bridgehead atoms. The number of nitrogens with zero attached hydrogens (tertiary/aromatic N) is 5. The summed E-state index contributed by atoms with van der Waals surface area (Å²) in [7, 11) is 5.48. The lowest BCUT2D eigenvalue weighted by atomic mass is 10.2. The van der Waals surface area contributed by atoms with E-state index in [0.717, 1.165) is 55.7 Å². The van der Waals surface area contributed by atoms with Gasteiger partial charge in [-0.2, -0.15) is 5.10 Å². The van der Waals surface area contributed by atoms with Crippen molar-refractivity contribution >= 4 is 11.6 Å². The minimum Gasteiger partial charge on any atom is -0.495 e. The summed E-state index contributed by atoms with van der Waals surface area (Å²) in [5.41, 5.74) is 2.30. The Morgan fingerprint density at radius 3 is 2.64 bits per heavy atom. The highest BCUT2D eigenvalue weighted by atomic mass is 16.5. The second-order valence-electron chi connectivity index (χ2n) is 6.07. The molecule has 1 N–H and O–H groups in total. The van der Waals surface area contributed by atoms with E-state index < -0.39 is 0 Å². The second-order valence-corrected chi connectivity index (χ2v) is 6.07. The Kier molecular flexibility index (Phi) is 5.42. The summed E-state index contributed by atoms with van der Waals surface area (Å²) in [4.78, 5) is 9.08. The Morgan fingerprint density at radius 1 is 1.24 bits per heavy atom. The molecule has 0 saturated carbocycles. The Hall–Kier alpha value is -2.70. The van der Waals surface area contributed by atoms with Crippen LogP contribution in [0.1, 0.15) is 5.56 Å². The highest BCUT2D eigenvalue weighted by Crippen LogP contribution is 2.28. The van der Waals surface area contributed by atoms with Crippen LogP contribution in [-0.2, 0) is 13.6 Å². The Morgan fingerprint density at radius 2 is 2.00 bits per heavy atom. The van der Waals surface area contributed by atoms with Gasteiger partial charge in [-0.25, -0.2) is 0 Å². The van der Waals surface area contributed by atoms with Crippen molar-refractivity contribution < 1.29 is 4.74 Å². The fourth-order valence-corrected chi connectivity index (χ4v) is 3.13. The summed E-state index contributed by atoms with van der Waals surface area (Å²) < 4.78 is 7.30. The third kappa shape index (κ3) is 4.04. The molecule has 0 atom stereocenters. The number of aryl methyl sites for hydroxylation is 1. The molecule has 0 spiro atoms. The van der Waals surface area contributed by atoms with Crippen molar-refractivity contribution in [2.24, 2.45) is 12.0 Å². The van der Waals surface area contributed by atoms with E-state index in [0.29, 0.717) is 0 Å². The van der Waals surface area contributed by atoms with E-state index in [-0.39, 0.29) is 0 Å². The maximum absolute atomic E-state index is 5.48. The number of piperazine rings is 1. The molecule has 134 valence electrons. The van der Waals surface area contributed by atoms with Crippen LogP contribution in [0.4, 0.5) is 5.69 Å². The van der Waals surface area contributed by atoms with Gasteiger partial charge in [0, 0.05) is 58.6 Å². The van der Waals surface area contributed by atoms with Gasteiger partial charge in [-0.15, -0.1) is 0 Å². The molecular formula is C18H26N6O. The van der Waals surface area contributed by atoms with Crippen molar-refractivity contribution in [3.8, 4) is 5.75 Å². The van der Waals surface area contributed by atoms with Crippen LogP contribution in [0.2, 0.25) is 0 Å². The first-order chi connectivity index (χ1) is 12.2. The van der Waals surface area contributed by atoms with E-state index in [1.54, 1.807) is 7.11 Å². The van der Waals surface area contributed by atoms with Gasteiger partial charge in [-0.3, -0.25) is 9.67 Å². The highest BCUT2D eigenvalue weighted by Gasteiger charge is 2.21. The molecular weight excluding hydrogens is 316 g/mol. The van der Waals surface area contributed by atoms with Gasteiger partial charge in [0.2, 0.25) is 0 Å². The average molecular weight is 342 g/mol. The van der Waals surface area contributed by atoms with Gasteiger partial charge in [0.1, 0.15) is 5.75 Å². The summed E-state index contributed by atoms with van der Waals surface area (Å²) >= 11 is 0. The van der Waals surface area contributed by atoms with Gasteiger partial charge in [0.05, 0.1) is 19.0 Å². The van der Waals surface area contributed by atoms with Gasteiger partial charge >= 0.3 is 0 Å². The van der Waals surface area contributed by atoms with Crippen molar-refractivity contribution in [3.05, 3.63) is 42.2 Å². The number of methoxy groups -OCH3 is 1. The summed E-state index contributed by atoms with van der Waals surface area (Å²) in [5.74, 6) is 1.86. The second kappa shape index (κ2) is 7.92. The zero-order valence-electron chi connectivity index (χ0n) is 15.1. The monoisotopic (exact) mass is 342 g/mol. The Balaban J connectivity index is 1.57. The van der Waals surface area contributed by atoms with Crippen molar-refractivity contribution in [2.75, 3.05) is 45.2 Å². The predicted octanol–water partition coefficient (Wildman–Crippen LogP) is 1.33. The molecule has 25 heavy (non-hydrogen) atoms. The van der Waals surface area contributed by atoms with Crippen LogP contribution in [0, 0.1) is 0 Å². The first-order valence-corrected chi connectivity index (χ1v) is 8.52. The molecule has 1 saturated heterocycles.